The minimum atomic E-state index is 0.515. The number of nitrogens with zero attached hydrogens (tertiary/aromatic N) is 2. The number of benzene rings is 5. The van der Waals surface area contributed by atoms with Crippen LogP contribution in [0.2, 0.25) is 0 Å². The molecule has 48 heavy (non-hydrogen) atoms. The number of aryl methyl sites for hydroxylation is 1. The van der Waals surface area contributed by atoms with Crippen LogP contribution in [0.4, 0.5) is 0 Å². The number of fused-ring (bicyclic) bond motifs is 3. The third-order valence-electron chi connectivity index (χ3n) is 8.65. The Labute approximate surface area is 282 Å². The summed E-state index contributed by atoms with van der Waals surface area (Å²) in [7, 11) is 0. The van der Waals surface area contributed by atoms with Crippen LogP contribution in [0.25, 0.3) is 32.4 Å². The number of rotatable bonds is 11. The van der Waals surface area contributed by atoms with Gasteiger partial charge in [0.2, 0.25) is 5.52 Å². The Bertz CT molecular complexity index is 2230. The van der Waals surface area contributed by atoms with Crippen LogP contribution in [0, 0.1) is 0 Å². The highest BCUT2D eigenvalue weighted by atomic mass is 16.5. The van der Waals surface area contributed by atoms with Crippen LogP contribution in [0.3, 0.4) is 0 Å². The second kappa shape index (κ2) is 14.8. The van der Waals surface area contributed by atoms with E-state index in [0.29, 0.717) is 13.2 Å². The monoisotopic (exact) mass is 627 g/mol. The Hall–Kier alpha value is -5.74. The van der Waals surface area contributed by atoms with Crippen molar-refractivity contribution in [3.63, 3.8) is 0 Å². The van der Waals surface area contributed by atoms with Crippen molar-refractivity contribution in [2.45, 2.75) is 33.1 Å². The lowest BCUT2D eigenvalue weighted by Crippen LogP contribution is -2.34. The number of aromatic nitrogens is 1. The standard InChI is InChI=1S/C44H39N2O2/c1-2-3-11-37-29-40(48-32-39-16-8-15-35-13-6-7-18-42(35)39)21-23-43(37)45-25-10-27-46-26-9-17-38-30-41(22-24-44(38)46)47-31-33-19-20-34-12-4-5-14-36(34)28-33/h2-9,11-24,26,28-30H,10,25,27,31-32H2,1H3/q+1/b3-2-,37-11-,45-43+. The largest absolute Gasteiger partial charge is 0.489 e. The summed E-state index contributed by atoms with van der Waals surface area (Å²) in [5.74, 6) is 1.71. The van der Waals surface area contributed by atoms with Crippen LogP contribution >= 0.6 is 0 Å². The molecule has 0 amide bonds. The summed E-state index contributed by atoms with van der Waals surface area (Å²) in [6.07, 6.45) is 15.4. The molecule has 0 radical (unpaired) electrons. The lowest BCUT2D eigenvalue weighted by molar-refractivity contribution is -0.671. The van der Waals surface area contributed by atoms with Gasteiger partial charge in [-0.3, -0.25) is 4.99 Å². The van der Waals surface area contributed by atoms with Crippen LogP contribution in [0.1, 0.15) is 24.5 Å². The zero-order chi connectivity index (χ0) is 32.5. The molecule has 1 heterocycles. The maximum atomic E-state index is 6.26. The van der Waals surface area contributed by atoms with Crippen LogP contribution in [-0.4, -0.2) is 12.3 Å². The smallest absolute Gasteiger partial charge is 0.212 e. The van der Waals surface area contributed by atoms with Gasteiger partial charge in [0.25, 0.3) is 0 Å². The number of ether oxygens (including phenoxy) is 2. The van der Waals surface area contributed by atoms with E-state index in [1.807, 2.05) is 19.1 Å². The number of allylic oxidation sites excluding steroid dienone is 7. The van der Waals surface area contributed by atoms with Crippen LogP contribution < -0.4 is 9.30 Å². The maximum absolute atomic E-state index is 6.26. The fourth-order valence-corrected chi connectivity index (χ4v) is 6.16. The number of hydrogen-bond donors (Lipinski definition) is 0. The van der Waals surface area contributed by atoms with E-state index in [4.69, 9.17) is 14.5 Å². The number of aliphatic imine (C=N–C) groups is 1. The normalized spacial score (nSPS) is 14.8. The van der Waals surface area contributed by atoms with Gasteiger partial charge in [0.1, 0.15) is 24.7 Å². The molecule has 0 saturated heterocycles. The summed E-state index contributed by atoms with van der Waals surface area (Å²) in [6.45, 7) is 4.67. The van der Waals surface area contributed by atoms with Gasteiger partial charge in [-0.25, -0.2) is 0 Å². The SMILES string of the molecule is C\C=C/C=C1/C=C(OCc2cccc3ccccc23)C=C/C1=N\CCC[n+]1cccc2cc(OCc3ccc4ccccc4c3)ccc21. The van der Waals surface area contributed by atoms with Gasteiger partial charge in [0.15, 0.2) is 12.7 Å². The van der Waals surface area contributed by atoms with Crippen molar-refractivity contribution < 1.29 is 14.0 Å². The minimum Gasteiger partial charge on any atom is -0.489 e. The summed E-state index contributed by atoms with van der Waals surface area (Å²) >= 11 is 0. The second-order valence-corrected chi connectivity index (χ2v) is 12.0. The predicted octanol–water partition coefficient (Wildman–Crippen LogP) is 10.0. The average molecular weight is 628 g/mol. The Morgan fingerprint density at radius 1 is 0.708 bits per heavy atom. The van der Waals surface area contributed by atoms with E-state index in [-0.39, 0.29) is 0 Å². The van der Waals surface area contributed by atoms with E-state index in [0.717, 1.165) is 53.3 Å². The first-order chi connectivity index (χ1) is 23.7. The highest BCUT2D eigenvalue weighted by molar-refractivity contribution is 6.12. The Morgan fingerprint density at radius 3 is 2.46 bits per heavy atom. The summed E-state index contributed by atoms with van der Waals surface area (Å²) in [4.78, 5) is 4.99. The van der Waals surface area contributed by atoms with Crippen molar-refractivity contribution >= 4 is 38.2 Å². The van der Waals surface area contributed by atoms with Crippen molar-refractivity contribution in [3.8, 4) is 5.75 Å². The van der Waals surface area contributed by atoms with Crippen LogP contribution in [0.15, 0.2) is 174 Å². The van der Waals surface area contributed by atoms with E-state index in [2.05, 4.69) is 150 Å². The molecule has 0 unspecified atom stereocenters. The van der Waals surface area contributed by atoms with Gasteiger partial charge in [0.05, 0.1) is 11.1 Å². The summed E-state index contributed by atoms with van der Waals surface area (Å²) in [6, 6.07) is 40.3. The third kappa shape index (κ3) is 7.29. The molecule has 1 aliphatic rings. The highest BCUT2D eigenvalue weighted by Gasteiger charge is 2.12. The second-order valence-electron chi connectivity index (χ2n) is 12.0. The molecule has 1 aromatic heterocycles. The summed E-state index contributed by atoms with van der Waals surface area (Å²) in [5, 5.41) is 6.08. The zero-order valence-corrected chi connectivity index (χ0v) is 27.3. The van der Waals surface area contributed by atoms with E-state index in [1.165, 1.54) is 32.6 Å². The van der Waals surface area contributed by atoms with Gasteiger partial charge in [0, 0.05) is 30.7 Å². The first-order valence-electron chi connectivity index (χ1n) is 16.6. The van der Waals surface area contributed by atoms with Crippen molar-refractivity contribution in [2.24, 2.45) is 4.99 Å². The van der Waals surface area contributed by atoms with Gasteiger partial charge in [-0.1, -0.05) is 97.1 Å². The molecule has 0 N–H and O–H groups in total. The molecule has 6 aromatic rings. The topological polar surface area (TPSA) is 34.7 Å². The van der Waals surface area contributed by atoms with E-state index >= 15 is 0 Å². The van der Waals surface area contributed by atoms with E-state index in [1.54, 1.807) is 0 Å². The first kappa shape index (κ1) is 30.9. The highest BCUT2D eigenvalue weighted by Crippen LogP contribution is 2.24. The lowest BCUT2D eigenvalue weighted by Gasteiger charge is -2.14. The molecule has 0 aliphatic heterocycles. The molecule has 236 valence electrons. The zero-order valence-electron chi connectivity index (χ0n) is 27.3. The van der Waals surface area contributed by atoms with Gasteiger partial charge >= 0.3 is 0 Å². The quantitative estimate of drug-likeness (QED) is 0.106. The molecule has 4 heteroatoms. The van der Waals surface area contributed by atoms with Gasteiger partial charge in [-0.2, -0.15) is 4.57 Å². The molecule has 0 bridgehead atoms. The predicted molar refractivity (Wildman–Crippen MR) is 198 cm³/mol. The van der Waals surface area contributed by atoms with Crippen molar-refractivity contribution in [1.29, 1.82) is 0 Å². The van der Waals surface area contributed by atoms with Crippen LogP contribution in [0.5, 0.6) is 5.75 Å². The fraction of sp³-hybridized carbons (Fsp3) is 0.136. The van der Waals surface area contributed by atoms with Crippen molar-refractivity contribution in [1.82, 2.24) is 0 Å². The summed E-state index contributed by atoms with van der Waals surface area (Å²) in [5.41, 5.74) is 5.55. The molecule has 4 nitrogen and oxygen atoms in total. The molecule has 5 aromatic carbocycles. The fourth-order valence-electron chi connectivity index (χ4n) is 6.16. The first-order valence-corrected chi connectivity index (χ1v) is 16.6. The minimum absolute atomic E-state index is 0.515. The van der Waals surface area contributed by atoms with Gasteiger partial charge in [-0.05, 0) is 82.1 Å². The van der Waals surface area contributed by atoms with Crippen LogP contribution in [-0.2, 0) is 24.5 Å². The molecule has 0 fully saturated rings. The van der Waals surface area contributed by atoms with Crippen molar-refractivity contribution in [3.05, 3.63) is 180 Å². The van der Waals surface area contributed by atoms with E-state index in [9.17, 15) is 0 Å². The van der Waals surface area contributed by atoms with E-state index < -0.39 is 0 Å². The summed E-state index contributed by atoms with van der Waals surface area (Å²) < 4.78 is 14.8. The lowest BCUT2D eigenvalue weighted by atomic mass is 10.0. The van der Waals surface area contributed by atoms with Gasteiger partial charge < -0.3 is 9.47 Å². The molecule has 0 spiro atoms. The number of pyridine rings is 1. The Balaban J connectivity index is 0.969. The Morgan fingerprint density at radius 2 is 1.54 bits per heavy atom. The molecular weight excluding hydrogens is 588 g/mol. The number of hydrogen-bond acceptors (Lipinski definition) is 3. The third-order valence-corrected chi connectivity index (χ3v) is 8.65. The molecule has 7 rings (SSSR count). The maximum Gasteiger partial charge on any atom is 0.212 e. The average Bonchev–Trinajstić information content (AvgIpc) is 3.14. The molecular formula is C44H39N2O2+. The molecule has 0 saturated carbocycles. The Kier molecular flexibility index (Phi) is 9.51. The van der Waals surface area contributed by atoms with Gasteiger partial charge in [-0.15, -0.1) is 0 Å². The molecule has 1 aliphatic carbocycles. The van der Waals surface area contributed by atoms with Crippen molar-refractivity contribution in [2.75, 3.05) is 6.54 Å². The molecule has 0 atom stereocenters.